The highest BCUT2D eigenvalue weighted by Crippen LogP contribution is 2.30. The smallest absolute Gasteiger partial charge is 0.341 e. The van der Waals surface area contributed by atoms with Gasteiger partial charge in [0, 0.05) is 42.6 Å². The lowest BCUT2D eigenvalue weighted by Crippen LogP contribution is -2.48. The van der Waals surface area contributed by atoms with Crippen molar-refractivity contribution >= 4 is 34.4 Å². The average molecular weight is 439 g/mol. The molecule has 12 heteroatoms. The average Bonchev–Trinajstić information content (AvgIpc) is 3.38. The molecule has 1 aliphatic heterocycles. The maximum atomic E-state index is 12.8. The van der Waals surface area contributed by atoms with E-state index < -0.39 is 11.4 Å². The number of nitrogens with zero attached hydrogens (tertiary/aromatic N) is 7. The summed E-state index contributed by atoms with van der Waals surface area (Å²) in [5, 5.41) is 23.7. The number of aryl methyl sites for hydroxylation is 1. The zero-order valence-corrected chi connectivity index (χ0v) is 17.2. The Hall–Kier alpha value is -3.64. The van der Waals surface area contributed by atoms with Crippen molar-refractivity contribution < 1.29 is 15.0 Å². The molecule has 0 aliphatic carbocycles. The molecule has 158 valence electrons. The molecule has 2 N–H and O–H groups in total. The highest BCUT2D eigenvalue weighted by Gasteiger charge is 2.31. The molecule has 0 amide bonds. The number of carboxylic acids is 1. The Kier molecular flexibility index (Phi) is 4.52. The van der Waals surface area contributed by atoms with Crippen LogP contribution in [0.15, 0.2) is 35.8 Å². The van der Waals surface area contributed by atoms with Crippen molar-refractivity contribution in [3.05, 3.63) is 57.9 Å². The number of fused-ring (bicyclic) bond motifs is 1. The minimum absolute atomic E-state index is 0.0523. The van der Waals surface area contributed by atoms with E-state index in [1.54, 1.807) is 19.2 Å². The van der Waals surface area contributed by atoms with Crippen LogP contribution in [-0.4, -0.2) is 58.0 Å². The fourth-order valence-corrected chi connectivity index (χ4v) is 4.19. The van der Waals surface area contributed by atoms with Crippen LogP contribution in [0, 0.1) is 6.92 Å². The molecular weight excluding hydrogens is 422 g/mol. The molecule has 1 saturated heterocycles. The summed E-state index contributed by atoms with van der Waals surface area (Å²) in [7, 11) is 0. The largest absolute Gasteiger partial charge is 0.477 e. The van der Waals surface area contributed by atoms with Gasteiger partial charge in [-0.3, -0.25) is 14.0 Å². The second kappa shape index (κ2) is 7.25. The molecule has 0 spiro atoms. The Bertz CT molecular complexity index is 1360. The highest BCUT2D eigenvalue weighted by atomic mass is 32.1. The van der Waals surface area contributed by atoms with Gasteiger partial charge in [-0.05, 0) is 18.6 Å². The Morgan fingerprint density at radius 1 is 1.32 bits per heavy atom. The summed E-state index contributed by atoms with van der Waals surface area (Å²) >= 11 is 1.08. The van der Waals surface area contributed by atoms with Crippen LogP contribution in [-0.2, 0) is 6.61 Å². The van der Waals surface area contributed by atoms with E-state index in [2.05, 4.69) is 24.3 Å². The lowest BCUT2D eigenvalue weighted by molar-refractivity contribution is 0.0695. The van der Waals surface area contributed by atoms with Crippen molar-refractivity contribution in [1.29, 1.82) is 0 Å². The zero-order chi connectivity index (χ0) is 21.7. The number of hydrogen-bond donors (Lipinski definition) is 2. The third kappa shape index (κ3) is 3.16. The van der Waals surface area contributed by atoms with Crippen LogP contribution in [0.1, 0.15) is 27.5 Å². The van der Waals surface area contributed by atoms with Gasteiger partial charge < -0.3 is 15.1 Å². The predicted molar refractivity (Wildman–Crippen MR) is 112 cm³/mol. The Balaban J connectivity index is 1.57. The van der Waals surface area contributed by atoms with Crippen molar-refractivity contribution in [2.24, 2.45) is 0 Å². The SMILES string of the molecule is Cc1cc(N2CC(n3cc(CO)cn3)C2)nc2c1c(=O)c(C(=O)O)cn2-c1ncns1. The maximum Gasteiger partial charge on any atom is 0.341 e. The normalized spacial score (nSPS) is 14.2. The van der Waals surface area contributed by atoms with Crippen molar-refractivity contribution in [3.8, 4) is 5.13 Å². The van der Waals surface area contributed by atoms with E-state index >= 15 is 0 Å². The van der Waals surface area contributed by atoms with Crippen molar-refractivity contribution in [1.82, 2.24) is 28.7 Å². The summed E-state index contributed by atoms with van der Waals surface area (Å²) in [6, 6.07) is 1.94. The van der Waals surface area contributed by atoms with Gasteiger partial charge in [0.05, 0.1) is 24.2 Å². The summed E-state index contributed by atoms with van der Waals surface area (Å²) in [4.78, 5) is 35.4. The van der Waals surface area contributed by atoms with Crippen LogP contribution in [0.3, 0.4) is 0 Å². The molecule has 4 aromatic rings. The van der Waals surface area contributed by atoms with Crippen molar-refractivity contribution in [3.63, 3.8) is 0 Å². The monoisotopic (exact) mass is 439 g/mol. The van der Waals surface area contributed by atoms with E-state index in [0.717, 1.165) is 17.1 Å². The molecule has 4 aromatic heterocycles. The van der Waals surface area contributed by atoms with E-state index in [-0.39, 0.29) is 23.6 Å². The quantitative estimate of drug-likeness (QED) is 0.466. The van der Waals surface area contributed by atoms with Crippen LogP contribution < -0.4 is 10.3 Å². The molecule has 0 saturated carbocycles. The van der Waals surface area contributed by atoms with E-state index in [1.807, 2.05) is 10.9 Å². The number of aliphatic hydroxyl groups excluding tert-OH is 1. The van der Waals surface area contributed by atoms with E-state index in [0.29, 0.717) is 35.2 Å². The molecule has 1 fully saturated rings. The van der Waals surface area contributed by atoms with Crippen LogP contribution >= 0.6 is 11.5 Å². The second-order valence-electron chi connectivity index (χ2n) is 7.31. The van der Waals surface area contributed by atoms with Gasteiger partial charge in [0.15, 0.2) is 5.65 Å². The van der Waals surface area contributed by atoms with Gasteiger partial charge in [-0.1, -0.05) is 0 Å². The first-order chi connectivity index (χ1) is 15.0. The van der Waals surface area contributed by atoms with Crippen molar-refractivity contribution in [2.45, 2.75) is 19.6 Å². The minimum Gasteiger partial charge on any atom is -0.477 e. The molecule has 0 atom stereocenters. The Morgan fingerprint density at radius 2 is 2.13 bits per heavy atom. The molecule has 0 radical (unpaired) electrons. The van der Waals surface area contributed by atoms with Crippen LogP contribution in [0.4, 0.5) is 5.82 Å². The van der Waals surface area contributed by atoms with E-state index in [1.165, 1.54) is 17.1 Å². The summed E-state index contributed by atoms with van der Waals surface area (Å²) in [6.07, 6.45) is 6.08. The van der Waals surface area contributed by atoms with Gasteiger partial charge in [0.25, 0.3) is 0 Å². The van der Waals surface area contributed by atoms with Gasteiger partial charge >= 0.3 is 5.97 Å². The van der Waals surface area contributed by atoms with Gasteiger partial charge in [-0.2, -0.15) is 9.47 Å². The summed E-state index contributed by atoms with van der Waals surface area (Å²) < 4.78 is 7.31. The number of aromatic nitrogens is 6. The zero-order valence-electron chi connectivity index (χ0n) is 16.3. The van der Waals surface area contributed by atoms with Crippen molar-refractivity contribution in [2.75, 3.05) is 18.0 Å². The molecule has 1 aliphatic rings. The predicted octanol–water partition coefficient (Wildman–Crippen LogP) is 0.994. The number of hydrogen-bond acceptors (Lipinski definition) is 9. The number of carboxylic acid groups (broad SMARTS) is 1. The summed E-state index contributed by atoms with van der Waals surface area (Å²) in [5.74, 6) is -0.628. The topological polar surface area (TPSA) is 139 Å². The molecule has 5 rings (SSSR count). The first-order valence-electron chi connectivity index (χ1n) is 9.42. The summed E-state index contributed by atoms with van der Waals surface area (Å²) in [5.41, 5.74) is 0.814. The fourth-order valence-electron chi connectivity index (χ4n) is 3.68. The highest BCUT2D eigenvalue weighted by molar-refractivity contribution is 7.08. The van der Waals surface area contributed by atoms with E-state index in [4.69, 9.17) is 0 Å². The number of pyridine rings is 2. The van der Waals surface area contributed by atoms with E-state index in [9.17, 15) is 19.8 Å². The Labute approximate surface area is 179 Å². The molecular formula is C19H17N7O4S. The lowest BCUT2D eigenvalue weighted by atomic mass is 10.1. The number of rotatable bonds is 5. The van der Waals surface area contributed by atoms with Gasteiger partial charge in [-0.15, -0.1) is 0 Å². The fraction of sp³-hybridized carbons (Fsp3) is 0.263. The second-order valence-corrected chi connectivity index (χ2v) is 8.07. The molecule has 0 aromatic carbocycles. The van der Waals surface area contributed by atoms with Gasteiger partial charge in [0.2, 0.25) is 10.6 Å². The molecule has 0 unspecified atom stereocenters. The standard InChI is InChI=1S/C19H17N7O4S/c1-10-2-14(24-5-12(6-24)26-4-11(8-27)3-21-26)23-17-15(10)16(28)13(18(29)30)7-25(17)19-20-9-22-31-19/h2-4,7,9,12,27H,5-6,8H2,1H3,(H,29,30). The van der Waals surface area contributed by atoms with Crippen LogP contribution in [0.5, 0.6) is 0 Å². The molecule has 31 heavy (non-hydrogen) atoms. The first-order valence-corrected chi connectivity index (χ1v) is 10.2. The number of aromatic carboxylic acids is 1. The number of anilines is 1. The molecule has 5 heterocycles. The van der Waals surface area contributed by atoms with Crippen LogP contribution in [0.2, 0.25) is 0 Å². The number of carbonyl (C=O) groups is 1. The third-order valence-electron chi connectivity index (χ3n) is 5.33. The number of aliphatic hydroxyl groups is 1. The minimum atomic E-state index is -1.30. The van der Waals surface area contributed by atoms with Gasteiger partial charge in [-0.25, -0.2) is 14.8 Å². The summed E-state index contributed by atoms with van der Waals surface area (Å²) in [6.45, 7) is 3.05. The molecule has 0 bridgehead atoms. The maximum absolute atomic E-state index is 12.8. The molecule has 11 nitrogen and oxygen atoms in total. The third-order valence-corrected chi connectivity index (χ3v) is 5.99. The Morgan fingerprint density at radius 3 is 2.77 bits per heavy atom. The van der Waals surface area contributed by atoms with Crippen LogP contribution in [0.25, 0.3) is 16.2 Å². The van der Waals surface area contributed by atoms with Gasteiger partial charge in [0.1, 0.15) is 17.7 Å². The first kappa shape index (κ1) is 19.3. The lowest BCUT2D eigenvalue weighted by Gasteiger charge is -2.40.